The number of hydrogen-bond acceptors (Lipinski definition) is 2. The lowest BCUT2D eigenvalue weighted by molar-refractivity contribution is 0.626. The van der Waals surface area contributed by atoms with Crippen molar-refractivity contribution >= 4 is 23.0 Å². The highest BCUT2D eigenvalue weighted by Gasteiger charge is 2.15. The Kier molecular flexibility index (Phi) is 6.81. The molecule has 0 saturated carbocycles. The number of nitrogens with zero attached hydrogens (tertiary/aromatic N) is 2. The fourth-order valence-electron chi connectivity index (χ4n) is 2.12. The summed E-state index contributed by atoms with van der Waals surface area (Å²) >= 11 is 6.08. The first-order valence-electron chi connectivity index (χ1n) is 7.01. The summed E-state index contributed by atoms with van der Waals surface area (Å²) in [5.74, 6) is 5.97. The quantitative estimate of drug-likeness (QED) is 0.411. The Hall–Kier alpha value is -2.31. The molecule has 1 rings (SSSR count). The van der Waals surface area contributed by atoms with Crippen LogP contribution in [0.4, 0.5) is 10.1 Å². The van der Waals surface area contributed by atoms with Crippen LogP contribution in [0, 0.1) is 24.6 Å². The Morgan fingerprint density at radius 1 is 1.43 bits per heavy atom. The molecule has 1 aromatic rings. The molecule has 0 bridgehead atoms. The third-order valence-electron chi connectivity index (χ3n) is 3.15. The average Bonchev–Trinajstić information content (AvgIpc) is 2.46. The van der Waals surface area contributed by atoms with E-state index in [4.69, 9.17) is 11.6 Å². The third kappa shape index (κ3) is 4.84. The number of anilines is 1. The van der Waals surface area contributed by atoms with Crippen molar-refractivity contribution < 1.29 is 4.39 Å². The van der Waals surface area contributed by atoms with Gasteiger partial charge in [-0.1, -0.05) is 36.8 Å². The fraction of sp³-hybridized carbons (Fsp3) is 0.211. The highest BCUT2D eigenvalue weighted by atomic mass is 35.5. The number of allylic oxidation sites excluding steroid dienone is 3. The van der Waals surface area contributed by atoms with Crippen molar-refractivity contribution in [3.63, 3.8) is 0 Å². The summed E-state index contributed by atoms with van der Waals surface area (Å²) in [4.78, 5) is 6.36. The Morgan fingerprint density at radius 3 is 2.57 bits per heavy atom. The number of benzene rings is 1. The molecule has 0 spiro atoms. The van der Waals surface area contributed by atoms with Gasteiger partial charge in [0.1, 0.15) is 11.6 Å². The number of halogens is 2. The van der Waals surface area contributed by atoms with Gasteiger partial charge in [0, 0.05) is 23.3 Å². The monoisotopic (exact) mass is 330 g/mol. The van der Waals surface area contributed by atoms with Gasteiger partial charge in [0.2, 0.25) is 0 Å². The van der Waals surface area contributed by atoms with Gasteiger partial charge < -0.3 is 4.90 Å². The van der Waals surface area contributed by atoms with Crippen LogP contribution in [0.3, 0.4) is 0 Å². The fourth-order valence-corrected chi connectivity index (χ4v) is 2.28. The largest absolute Gasteiger partial charge is 0.329 e. The van der Waals surface area contributed by atoms with Crippen molar-refractivity contribution in [2.75, 3.05) is 11.9 Å². The summed E-state index contributed by atoms with van der Waals surface area (Å²) in [5.41, 5.74) is 2.81. The molecule has 0 saturated heterocycles. The van der Waals surface area contributed by atoms with Gasteiger partial charge in [-0.3, -0.25) is 0 Å². The molecule has 0 atom stereocenters. The predicted octanol–water partition coefficient (Wildman–Crippen LogP) is 5.20. The van der Waals surface area contributed by atoms with Crippen molar-refractivity contribution in [1.82, 2.24) is 0 Å². The van der Waals surface area contributed by atoms with E-state index in [1.807, 2.05) is 18.9 Å². The normalized spacial score (nSPS) is 12.0. The Labute approximate surface area is 142 Å². The van der Waals surface area contributed by atoms with Gasteiger partial charge in [-0.05, 0) is 44.5 Å². The summed E-state index contributed by atoms with van der Waals surface area (Å²) < 4.78 is 13.3. The molecule has 0 aliphatic heterocycles. The lowest BCUT2D eigenvalue weighted by Crippen LogP contribution is -2.19. The molecule has 4 heteroatoms. The number of hydrogen-bond donors (Lipinski definition) is 0. The molecule has 0 radical (unpaired) electrons. The van der Waals surface area contributed by atoms with E-state index in [0.717, 1.165) is 11.3 Å². The van der Waals surface area contributed by atoms with Crippen LogP contribution in [-0.4, -0.2) is 12.8 Å². The smallest absolute Gasteiger partial charge is 0.142 e. The highest BCUT2D eigenvalue weighted by molar-refractivity contribution is 6.32. The van der Waals surface area contributed by atoms with Gasteiger partial charge >= 0.3 is 0 Å². The van der Waals surface area contributed by atoms with Crippen LogP contribution in [0.15, 0.2) is 58.9 Å². The van der Waals surface area contributed by atoms with Gasteiger partial charge in [-0.2, -0.15) is 0 Å². The molecule has 0 fully saturated rings. The van der Waals surface area contributed by atoms with Gasteiger partial charge in [0.15, 0.2) is 0 Å². The van der Waals surface area contributed by atoms with Crippen LogP contribution in [0.1, 0.15) is 19.4 Å². The minimum absolute atomic E-state index is 0.285. The summed E-state index contributed by atoms with van der Waals surface area (Å²) in [6, 6.07) is 4.57. The molecule has 0 aromatic heterocycles. The third-order valence-corrected chi connectivity index (χ3v) is 3.36. The zero-order chi connectivity index (χ0) is 17.6. The van der Waals surface area contributed by atoms with Gasteiger partial charge in [0.25, 0.3) is 0 Å². The van der Waals surface area contributed by atoms with Gasteiger partial charge in [0.05, 0.1) is 5.71 Å². The summed E-state index contributed by atoms with van der Waals surface area (Å²) in [7, 11) is 1.83. The number of rotatable bonds is 5. The first-order valence-corrected chi connectivity index (χ1v) is 7.39. The molecule has 120 valence electrons. The lowest BCUT2D eigenvalue weighted by atomic mass is 10.1. The molecule has 0 heterocycles. The van der Waals surface area contributed by atoms with E-state index in [1.54, 1.807) is 26.0 Å². The predicted molar refractivity (Wildman–Crippen MR) is 98.3 cm³/mol. The highest BCUT2D eigenvalue weighted by Crippen LogP contribution is 2.28. The van der Waals surface area contributed by atoms with Crippen LogP contribution in [-0.2, 0) is 0 Å². The van der Waals surface area contributed by atoms with Crippen molar-refractivity contribution in [3.8, 4) is 11.8 Å². The zero-order valence-electron chi connectivity index (χ0n) is 13.9. The van der Waals surface area contributed by atoms with Crippen LogP contribution in [0.25, 0.3) is 0 Å². The second-order valence-electron chi connectivity index (χ2n) is 4.91. The van der Waals surface area contributed by atoms with Crippen molar-refractivity contribution in [2.24, 2.45) is 4.99 Å². The molecule has 0 amide bonds. The van der Waals surface area contributed by atoms with Crippen molar-refractivity contribution in [3.05, 3.63) is 65.2 Å². The first kappa shape index (κ1) is 18.7. The average molecular weight is 331 g/mol. The van der Waals surface area contributed by atoms with Crippen LogP contribution in [0.5, 0.6) is 0 Å². The standard InChI is InChI=1S/C19H20ClFN2/c1-7-9-14(4)22-19(17(8-2)15(5)20)23(6)18-11-10-16(21)12-13(18)3/h8,10-12H,2,5H2,1,3-4,6H3/b19-17+,22-14?. The Morgan fingerprint density at radius 2 is 2.09 bits per heavy atom. The second-order valence-corrected chi connectivity index (χ2v) is 5.36. The lowest BCUT2D eigenvalue weighted by Gasteiger charge is -2.24. The van der Waals surface area contributed by atoms with E-state index in [2.05, 4.69) is 30.0 Å². The van der Waals surface area contributed by atoms with Crippen molar-refractivity contribution in [1.29, 1.82) is 0 Å². The minimum Gasteiger partial charge on any atom is -0.329 e. The molecule has 0 aliphatic carbocycles. The maximum absolute atomic E-state index is 13.3. The molecule has 1 aromatic carbocycles. The Balaban J connectivity index is 3.56. The molecular formula is C19H20ClFN2. The van der Waals surface area contributed by atoms with Crippen LogP contribution >= 0.6 is 11.6 Å². The summed E-state index contributed by atoms with van der Waals surface area (Å²) in [6.07, 6.45) is 1.59. The van der Waals surface area contributed by atoms with Crippen LogP contribution < -0.4 is 4.90 Å². The van der Waals surface area contributed by atoms with Crippen LogP contribution in [0.2, 0.25) is 0 Å². The van der Waals surface area contributed by atoms with E-state index in [0.29, 0.717) is 22.1 Å². The SMILES string of the molecule is C=C/C(C(=C)Cl)=C(/N=C(C)C#CC)N(C)c1ccc(F)cc1C. The summed E-state index contributed by atoms with van der Waals surface area (Å²) in [5, 5.41) is 0.322. The zero-order valence-corrected chi connectivity index (χ0v) is 14.6. The van der Waals surface area contributed by atoms with E-state index in [-0.39, 0.29) is 5.82 Å². The maximum atomic E-state index is 13.3. The molecule has 2 nitrogen and oxygen atoms in total. The first-order chi connectivity index (χ1) is 10.8. The minimum atomic E-state index is -0.285. The van der Waals surface area contributed by atoms with Gasteiger partial charge in [-0.15, -0.1) is 5.92 Å². The molecule has 0 aliphatic rings. The van der Waals surface area contributed by atoms with E-state index < -0.39 is 0 Å². The van der Waals surface area contributed by atoms with E-state index in [1.165, 1.54) is 12.1 Å². The van der Waals surface area contributed by atoms with E-state index in [9.17, 15) is 4.39 Å². The second kappa shape index (κ2) is 8.36. The molecular weight excluding hydrogens is 311 g/mol. The number of aryl methyl sites for hydroxylation is 1. The van der Waals surface area contributed by atoms with Gasteiger partial charge in [-0.25, -0.2) is 9.38 Å². The molecule has 0 N–H and O–H groups in total. The van der Waals surface area contributed by atoms with E-state index >= 15 is 0 Å². The topological polar surface area (TPSA) is 15.6 Å². The Bertz CT molecular complexity index is 748. The molecule has 23 heavy (non-hydrogen) atoms. The summed E-state index contributed by atoms with van der Waals surface area (Å²) in [6.45, 7) is 12.9. The molecule has 0 unspecified atom stereocenters. The number of aliphatic imine (C=N–C) groups is 1. The maximum Gasteiger partial charge on any atom is 0.142 e. The van der Waals surface area contributed by atoms with Crippen molar-refractivity contribution in [2.45, 2.75) is 20.8 Å².